The number of carbonyl (C=O) groups excluding carboxylic acids is 1. The number of nitrogens with one attached hydrogen (secondary N) is 1. The second-order valence-electron chi connectivity index (χ2n) is 5.93. The maximum atomic E-state index is 13.5. The van der Waals surface area contributed by atoms with Gasteiger partial charge in [-0.1, -0.05) is 12.1 Å². The molecule has 0 atom stereocenters. The van der Waals surface area contributed by atoms with Crippen molar-refractivity contribution in [2.75, 3.05) is 13.1 Å². The Morgan fingerprint density at radius 3 is 2.62 bits per heavy atom. The summed E-state index contributed by atoms with van der Waals surface area (Å²) in [6.07, 6.45) is -1.35. The molecule has 0 radical (unpaired) electrons. The van der Waals surface area contributed by atoms with Gasteiger partial charge in [-0.15, -0.1) is 0 Å². The Morgan fingerprint density at radius 2 is 1.96 bits per heavy atom. The van der Waals surface area contributed by atoms with Gasteiger partial charge in [-0.3, -0.25) is 0 Å². The molecule has 0 spiro atoms. The predicted octanol–water partition coefficient (Wildman–Crippen LogP) is 4.12. The van der Waals surface area contributed by atoms with E-state index >= 15 is 0 Å². The molecule has 1 aliphatic heterocycles. The molecule has 3 rings (SSSR count). The fraction of sp³-hybridized carbons (Fsp3) is 0.353. The van der Waals surface area contributed by atoms with Crippen LogP contribution in [0.2, 0.25) is 5.28 Å². The zero-order chi connectivity index (χ0) is 18.7. The zero-order valence-corrected chi connectivity index (χ0v) is 14.4. The van der Waals surface area contributed by atoms with Gasteiger partial charge in [-0.05, 0) is 42.1 Å². The molecule has 1 aromatic carbocycles. The van der Waals surface area contributed by atoms with Crippen molar-refractivity contribution >= 4 is 17.6 Å². The number of aromatic nitrogens is 2. The summed E-state index contributed by atoms with van der Waals surface area (Å²) in [5.41, 5.74) is -0.250. The van der Waals surface area contributed by atoms with Crippen molar-refractivity contribution in [1.82, 2.24) is 20.2 Å². The summed E-state index contributed by atoms with van der Waals surface area (Å²) in [6.45, 7) is 1.06. The molecule has 0 aliphatic carbocycles. The van der Waals surface area contributed by atoms with E-state index < -0.39 is 11.7 Å². The number of rotatable bonds is 3. The standard InChI is InChI=1S/C17H16ClF3N4O/c18-15-22-6-5-14(24-15)11-3-4-12(13(9-11)17(19,20)21)10-23-16(26)25-7-1-2-8-25/h3-6,9H,1-2,7-8,10H2,(H,23,26). The van der Waals surface area contributed by atoms with Crippen LogP contribution >= 0.6 is 11.6 Å². The van der Waals surface area contributed by atoms with Crippen molar-refractivity contribution in [3.05, 3.63) is 46.9 Å². The average molecular weight is 385 g/mol. The quantitative estimate of drug-likeness (QED) is 0.810. The van der Waals surface area contributed by atoms with Crippen molar-refractivity contribution in [2.24, 2.45) is 0 Å². The molecule has 138 valence electrons. The molecular weight excluding hydrogens is 369 g/mol. The first-order valence-electron chi connectivity index (χ1n) is 8.06. The van der Waals surface area contributed by atoms with E-state index in [0.29, 0.717) is 18.8 Å². The molecule has 9 heteroatoms. The van der Waals surface area contributed by atoms with E-state index in [-0.39, 0.29) is 29.0 Å². The van der Waals surface area contributed by atoms with Crippen LogP contribution in [0.25, 0.3) is 11.3 Å². The monoisotopic (exact) mass is 384 g/mol. The molecular formula is C17H16ClF3N4O. The van der Waals surface area contributed by atoms with Crippen LogP contribution in [0, 0.1) is 0 Å². The van der Waals surface area contributed by atoms with Gasteiger partial charge in [0.1, 0.15) is 0 Å². The number of hydrogen-bond donors (Lipinski definition) is 1. The molecule has 1 saturated heterocycles. The predicted molar refractivity (Wildman–Crippen MR) is 90.5 cm³/mol. The molecule has 2 heterocycles. The Bertz CT molecular complexity index is 807. The maximum absolute atomic E-state index is 13.5. The third kappa shape index (κ3) is 4.24. The Labute approximate surface area is 153 Å². The number of carbonyl (C=O) groups is 1. The van der Waals surface area contributed by atoms with Crippen LogP contribution < -0.4 is 5.32 Å². The minimum absolute atomic E-state index is 0.00560. The highest BCUT2D eigenvalue weighted by molar-refractivity contribution is 6.28. The minimum atomic E-state index is -4.56. The van der Waals surface area contributed by atoms with Crippen molar-refractivity contribution < 1.29 is 18.0 Å². The van der Waals surface area contributed by atoms with E-state index in [1.807, 2.05) is 0 Å². The van der Waals surface area contributed by atoms with Gasteiger partial charge in [0, 0.05) is 31.4 Å². The third-order valence-electron chi connectivity index (χ3n) is 4.16. The van der Waals surface area contributed by atoms with Crippen LogP contribution in [0.3, 0.4) is 0 Å². The molecule has 2 amide bonds. The summed E-state index contributed by atoms with van der Waals surface area (Å²) < 4.78 is 40.4. The lowest BCUT2D eigenvalue weighted by atomic mass is 10.0. The molecule has 0 bridgehead atoms. The fourth-order valence-electron chi connectivity index (χ4n) is 2.85. The lowest BCUT2D eigenvalue weighted by molar-refractivity contribution is -0.138. The highest BCUT2D eigenvalue weighted by atomic mass is 35.5. The van der Waals surface area contributed by atoms with Crippen molar-refractivity contribution in [3.8, 4) is 11.3 Å². The van der Waals surface area contributed by atoms with Gasteiger partial charge in [0.25, 0.3) is 0 Å². The minimum Gasteiger partial charge on any atom is -0.334 e. The van der Waals surface area contributed by atoms with Crippen LogP contribution in [0.4, 0.5) is 18.0 Å². The lowest BCUT2D eigenvalue weighted by Crippen LogP contribution is -2.37. The first-order valence-corrected chi connectivity index (χ1v) is 8.44. The molecule has 26 heavy (non-hydrogen) atoms. The smallest absolute Gasteiger partial charge is 0.334 e. The first-order chi connectivity index (χ1) is 12.3. The summed E-state index contributed by atoms with van der Waals surface area (Å²) in [6, 6.07) is 5.01. The van der Waals surface area contributed by atoms with Gasteiger partial charge in [-0.25, -0.2) is 14.8 Å². The highest BCUT2D eigenvalue weighted by Gasteiger charge is 2.34. The van der Waals surface area contributed by atoms with Crippen molar-refractivity contribution in [2.45, 2.75) is 25.6 Å². The highest BCUT2D eigenvalue weighted by Crippen LogP contribution is 2.34. The van der Waals surface area contributed by atoms with E-state index in [2.05, 4.69) is 15.3 Å². The third-order valence-corrected chi connectivity index (χ3v) is 4.34. The Kier molecular flexibility index (Phi) is 5.31. The van der Waals surface area contributed by atoms with Gasteiger partial charge in [0.15, 0.2) is 0 Å². The Morgan fingerprint density at radius 1 is 1.23 bits per heavy atom. The fourth-order valence-corrected chi connectivity index (χ4v) is 3.00. The summed E-state index contributed by atoms with van der Waals surface area (Å²) in [7, 11) is 0. The topological polar surface area (TPSA) is 58.1 Å². The number of alkyl halides is 3. The van der Waals surface area contributed by atoms with Crippen LogP contribution in [-0.2, 0) is 12.7 Å². The zero-order valence-electron chi connectivity index (χ0n) is 13.7. The number of hydrogen-bond acceptors (Lipinski definition) is 3. The summed E-state index contributed by atoms with van der Waals surface area (Å²) in [4.78, 5) is 21.3. The van der Waals surface area contributed by atoms with Gasteiger partial charge in [0.2, 0.25) is 5.28 Å². The summed E-state index contributed by atoms with van der Waals surface area (Å²) in [5.74, 6) is 0. The molecule has 0 unspecified atom stereocenters. The lowest BCUT2D eigenvalue weighted by Gasteiger charge is -2.18. The second kappa shape index (κ2) is 7.49. The summed E-state index contributed by atoms with van der Waals surface area (Å²) >= 11 is 5.71. The number of likely N-dealkylation sites (tertiary alicyclic amines) is 1. The average Bonchev–Trinajstić information content (AvgIpc) is 3.13. The second-order valence-corrected chi connectivity index (χ2v) is 6.27. The van der Waals surface area contributed by atoms with E-state index in [1.165, 1.54) is 24.4 Å². The van der Waals surface area contributed by atoms with Gasteiger partial charge >= 0.3 is 12.2 Å². The molecule has 0 saturated carbocycles. The van der Waals surface area contributed by atoms with E-state index in [4.69, 9.17) is 11.6 Å². The number of benzene rings is 1. The first kappa shape index (κ1) is 18.4. The number of urea groups is 1. The van der Waals surface area contributed by atoms with Crippen LogP contribution in [0.5, 0.6) is 0 Å². The number of halogens is 4. The largest absolute Gasteiger partial charge is 0.416 e. The SMILES string of the molecule is O=C(NCc1ccc(-c2ccnc(Cl)n2)cc1C(F)(F)F)N1CCCC1. The Hall–Kier alpha value is -2.35. The van der Waals surface area contributed by atoms with Crippen LogP contribution in [0.1, 0.15) is 24.0 Å². The normalized spacial score (nSPS) is 14.5. The molecule has 1 aliphatic rings. The number of amides is 2. The van der Waals surface area contributed by atoms with Gasteiger partial charge < -0.3 is 10.2 Å². The van der Waals surface area contributed by atoms with Crippen LogP contribution in [-0.4, -0.2) is 34.0 Å². The van der Waals surface area contributed by atoms with Crippen molar-refractivity contribution in [1.29, 1.82) is 0 Å². The Balaban J connectivity index is 1.84. The van der Waals surface area contributed by atoms with E-state index in [9.17, 15) is 18.0 Å². The number of nitrogens with zero attached hydrogens (tertiary/aromatic N) is 3. The molecule has 2 aromatic rings. The molecule has 1 aromatic heterocycles. The van der Waals surface area contributed by atoms with E-state index in [0.717, 1.165) is 18.9 Å². The summed E-state index contributed by atoms with van der Waals surface area (Å²) in [5, 5.41) is 2.52. The van der Waals surface area contributed by atoms with Crippen molar-refractivity contribution in [3.63, 3.8) is 0 Å². The van der Waals surface area contributed by atoms with Gasteiger partial charge in [-0.2, -0.15) is 13.2 Å². The maximum Gasteiger partial charge on any atom is 0.416 e. The van der Waals surface area contributed by atoms with Crippen LogP contribution in [0.15, 0.2) is 30.5 Å². The molecule has 1 fully saturated rings. The molecule has 5 nitrogen and oxygen atoms in total. The molecule has 1 N–H and O–H groups in total. The van der Waals surface area contributed by atoms with E-state index in [1.54, 1.807) is 4.90 Å². The van der Waals surface area contributed by atoms with Gasteiger partial charge in [0.05, 0.1) is 11.3 Å².